The average Bonchev–Trinajstić information content (AvgIpc) is 2.53. The number of hydrogen-bond acceptors (Lipinski definition) is 3. The third-order valence-electron chi connectivity index (χ3n) is 3.84. The Bertz CT molecular complexity index is 679. The summed E-state index contributed by atoms with van der Waals surface area (Å²) in [7, 11) is -3.30. The van der Waals surface area contributed by atoms with E-state index in [1.165, 1.54) is 9.21 Å². The first-order valence-electron chi connectivity index (χ1n) is 7.59. The van der Waals surface area contributed by atoms with Crippen LogP contribution in [0.3, 0.4) is 0 Å². The van der Waals surface area contributed by atoms with E-state index in [2.05, 4.69) is 0 Å². The van der Waals surface area contributed by atoms with E-state index in [9.17, 15) is 26.4 Å². The maximum atomic E-state index is 12.5. The number of benzene rings is 1. The van der Waals surface area contributed by atoms with E-state index < -0.39 is 27.7 Å². The van der Waals surface area contributed by atoms with Crippen molar-refractivity contribution in [2.75, 3.05) is 31.9 Å². The van der Waals surface area contributed by atoms with Gasteiger partial charge in [-0.2, -0.15) is 17.5 Å². The van der Waals surface area contributed by atoms with Gasteiger partial charge < -0.3 is 4.90 Å². The van der Waals surface area contributed by atoms with Crippen molar-refractivity contribution >= 4 is 15.9 Å². The van der Waals surface area contributed by atoms with E-state index in [4.69, 9.17) is 0 Å². The maximum Gasteiger partial charge on any atom is 0.416 e. The molecule has 1 aliphatic rings. The van der Waals surface area contributed by atoms with Crippen molar-refractivity contribution in [2.24, 2.45) is 0 Å². The van der Waals surface area contributed by atoms with Gasteiger partial charge in [-0.05, 0) is 30.7 Å². The second-order valence-electron chi connectivity index (χ2n) is 5.58. The molecule has 0 unspecified atom stereocenters. The minimum absolute atomic E-state index is 0.0693. The quantitative estimate of drug-likeness (QED) is 0.823. The lowest BCUT2D eigenvalue weighted by Crippen LogP contribution is -2.51. The summed E-state index contributed by atoms with van der Waals surface area (Å²) in [5.41, 5.74) is -0.651. The van der Waals surface area contributed by atoms with E-state index in [-0.39, 0.29) is 37.5 Å². The summed E-state index contributed by atoms with van der Waals surface area (Å²) >= 11 is 0. The zero-order valence-corrected chi connectivity index (χ0v) is 14.0. The molecule has 0 aromatic heterocycles. The van der Waals surface area contributed by atoms with Crippen LogP contribution in [0.25, 0.3) is 0 Å². The molecule has 9 heteroatoms. The zero-order chi connectivity index (χ0) is 18.0. The molecule has 1 aliphatic heterocycles. The third-order valence-corrected chi connectivity index (χ3v) is 5.92. The molecule has 24 heavy (non-hydrogen) atoms. The summed E-state index contributed by atoms with van der Waals surface area (Å²) in [4.78, 5) is 13.8. The smallest absolute Gasteiger partial charge is 0.336 e. The van der Waals surface area contributed by atoms with Gasteiger partial charge in [-0.1, -0.05) is 6.92 Å². The van der Waals surface area contributed by atoms with Gasteiger partial charge in [-0.25, -0.2) is 8.42 Å². The molecule has 1 aromatic carbocycles. The highest BCUT2D eigenvalue weighted by Crippen LogP contribution is 2.29. The molecule has 0 N–H and O–H groups in total. The normalized spacial score (nSPS) is 17.1. The van der Waals surface area contributed by atoms with Crippen molar-refractivity contribution in [1.29, 1.82) is 0 Å². The lowest BCUT2D eigenvalue weighted by Gasteiger charge is -2.34. The topological polar surface area (TPSA) is 57.7 Å². The Labute approximate surface area is 139 Å². The third kappa shape index (κ3) is 4.27. The van der Waals surface area contributed by atoms with Crippen LogP contribution in [0.2, 0.25) is 0 Å². The number of nitrogens with zero attached hydrogens (tertiary/aromatic N) is 2. The fourth-order valence-corrected chi connectivity index (χ4v) is 4.03. The molecule has 1 heterocycles. The van der Waals surface area contributed by atoms with Crippen molar-refractivity contribution < 1.29 is 26.4 Å². The number of carbonyl (C=O) groups excluding carboxylic acids is 1. The lowest BCUT2D eigenvalue weighted by molar-refractivity contribution is -0.137. The molecule has 1 amide bonds. The van der Waals surface area contributed by atoms with Gasteiger partial charge in [0.2, 0.25) is 10.0 Å². The maximum absolute atomic E-state index is 12.5. The molecular formula is C15H19F3N2O3S. The van der Waals surface area contributed by atoms with E-state index in [1.54, 1.807) is 6.92 Å². The van der Waals surface area contributed by atoms with Crippen LogP contribution in [0, 0.1) is 0 Å². The summed E-state index contributed by atoms with van der Waals surface area (Å²) in [6.45, 7) is 2.64. The Morgan fingerprint density at radius 3 is 2.08 bits per heavy atom. The number of alkyl halides is 3. The van der Waals surface area contributed by atoms with Crippen molar-refractivity contribution in [3.05, 3.63) is 35.4 Å². The highest BCUT2D eigenvalue weighted by atomic mass is 32.2. The van der Waals surface area contributed by atoms with E-state index >= 15 is 0 Å². The van der Waals surface area contributed by atoms with Gasteiger partial charge in [0.1, 0.15) is 0 Å². The van der Waals surface area contributed by atoms with Gasteiger partial charge in [0.05, 0.1) is 11.3 Å². The molecule has 0 bridgehead atoms. The fourth-order valence-electron chi connectivity index (χ4n) is 2.54. The predicted octanol–water partition coefficient (Wildman–Crippen LogP) is 2.20. The van der Waals surface area contributed by atoms with E-state index in [0.29, 0.717) is 6.42 Å². The molecule has 0 aliphatic carbocycles. The summed E-state index contributed by atoms with van der Waals surface area (Å²) < 4.78 is 62.9. The number of amides is 1. The Balaban J connectivity index is 2.00. The molecule has 5 nitrogen and oxygen atoms in total. The molecule has 1 fully saturated rings. The molecule has 0 spiro atoms. The summed E-state index contributed by atoms with van der Waals surface area (Å²) in [6, 6.07) is 4.03. The van der Waals surface area contributed by atoms with Gasteiger partial charge in [-0.3, -0.25) is 4.79 Å². The highest BCUT2D eigenvalue weighted by Gasteiger charge is 2.31. The van der Waals surface area contributed by atoms with Crippen LogP contribution in [0.15, 0.2) is 24.3 Å². The largest absolute Gasteiger partial charge is 0.416 e. The van der Waals surface area contributed by atoms with Gasteiger partial charge in [0.25, 0.3) is 5.91 Å². The number of carbonyl (C=O) groups is 1. The minimum atomic E-state index is -4.44. The molecule has 0 atom stereocenters. The lowest BCUT2D eigenvalue weighted by atomic mass is 10.1. The Kier molecular flexibility index (Phi) is 5.54. The number of halogens is 3. The van der Waals surface area contributed by atoms with E-state index in [0.717, 1.165) is 24.3 Å². The van der Waals surface area contributed by atoms with Crippen molar-refractivity contribution in [3.8, 4) is 0 Å². The number of hydrogen-bond donors (Lipinski definition) is 0. The number of rotatable bonds is 4. The van der Waals surface area contributed by atoms with Crippen LogP contribution in [-0.4, -0.2) is 55.5 Å². The molecule has 0 saturated carbocycles. The van der Waals surface area contributed by atoms with Gasteiger partial charge >= 0.3 is 6.18 Å². The Morgan fingerprint density at radius 2 is 1.62 bits per heavy atom. The monoisotopic (exact) mass is 364 g/mol. The van der Waals surface area contributed by atoms with Crippen LogP contribution in [-0.2, 0) is 16.2 Å². The van der Waals surface area contributed by atoms with Crippen LogP contribution >= 0.6 is 0 Å². The van der Waals surface area contributed by atoms with Gasteiger partial charge in [-0.15, -0.1) is 0 Å². The Morgan fingerprint density at radius 1 is 1.08 bits per heavy atom. The molecule has 1 aromatic rings. The fraction of sp³-hybridized carbons (Fsp3) is 0.533. The minimum Gasteiger partial charge on any atom is -0.336 e. The van der Waals surface area contributed by atoms with Crippen LogP contribution in [0.4, 0.5) is 13.2 Å². The van der Waals surface area contributed by atoms with Crippen molar-refractivity contribution in [3.63, 3.8) is 0 Å². The summed E-state index contributed by atoms with van der Waals surface area (Å²) in [5, 5.41) is 0. The zero-order valence-electron chi connectivity index (χ0n) is 13.2. The molecular weight excluding hydrogens is 345 g/mol. The molecule has 2 rings (SSSR count). The standard InChI is InChI=1S/C15H19F3N2O3S/c1-2-11-24(22,23)20-9-7-19(8-10-20)14(21)12-3-5-13(6-4-12)15(16,17)18/h3-6H,2,7-11H2,1H3. The average molecular weight is 364 g/mol. The number of piperazine rings is 1. The van der Waals surface area contributed by atoms with Gasteiger partial charge in [0.15, 0.2) is 0 Å². The summed E-state index contributed by atoms with van der Waals surface area (Å²) in [5.74, 6) is -0.323. The van der Waals surface area contributed by atoms with Gasteiger partial charge in [0, 0.05) is 31.7 Å². The Hall–Kier alpha value is -1.61. The van der Waals surface area contributed by atoms with E-state index in [1.807, 2.05) is 0 Å². The first kappa shape index (κ1) is 18.7. The van der Waals surface area contributed by atoms with Crippen LogP contribution < -0.4 is 0 Å². The van der Waals surface area contributed by atoms with Crippen LogP contribution in [0.5, 0.6) is 0 Å². The highest BCUT2D eigenvalue weighted by molar-refractivity contribution is 7.89. The first-order valence-corrected chi connectivity index (χ1v) is 9.20. The number of sulfonamides is 1. The van der Waals surface area contributed by atoms with Crippen molar-refractivity contribution in [1.82, 2.24) is 9.21 Å². The predicted molar refractivity (Wildman–Crippen MR) is 83.0 cm³/mol. The molecule has 1 saturated heterocycles. The second kappa shape index (κ2) is 7.10. The summed E-state index contributed by atoms with van der Waals surface area (Å²) in [6.07, 6.45) is -3.92. The molecule has 134 valence electrons. The SMILES string of the molecule is CCCS(=O)(=O)N1CCN(C(=O)c2ccc(C(F)(F)F)cc2)CC1. The molecule has 0 radical (unpaired) electrons. The second-order valence-corrected chi connectivity index (χ2v) is 7.67. The van der Waals surface area contributed by atoms with Crippen LogP contribution in [0.1, 0.15) is 29.3 Å². The van der Waals surface area contributed by atoms with Crippen molar-refractivity contribution in [2.45, 2.75) is 19.5 Å². The first-order chi connectivity index (χ1) is 11.1.